The number of ether oxygens (including phenoxy) is 1. The van der Waals surface area contributed by atoms with Crippen LogP contribution in [0.2, 0.25) is 0 Å². The first-order chi connectivity index (χ1) is 5.00. The molecule has 0 spiro atoms. The van der Waals surface area contributed by atoms with Crippen molar-refractivity contribution >= 4 is 17.6 Å². The van der Waals surface area contributed by atoms with Gasteiger partial charge in [0.1, 0.15) is 6.04 Å². The third-order valence-corrected chi connectivity index (χ3v) is 1.67. The molecule has 3 nitrogen and oxygen atoms in total. The normalized spacial score (nSPS) is 16.2. The molecule has 0 saturated carbocycles. The molecule has 0 aliphatic rings. The summed E-state index contributed by atoms with van der Waals surface area (Å²) in [6, 6.07) is -0.360. The predicted molar refractivity (Wildman–Crippen MR) is 44.8 cm³/mol. The number of halogens is 1. The Morgan fingerprint density at radius 1 is 1.55 bits per heavy atom. The Hall–Kier alpha value is -0.280. The van der Waals surface area contributed by atoms with E-state index in [-0.39, 0.29) is 17.4 Å². The van der Waals surface area contributed by atoms with Crippen LogP contribution in [0.5, 0.6) is 0 Å². The Kier molecular flexibility index (Phi) is 4.45. The minimum Gasteiger partial charge on any atom is -0.468 e. The van der Waals surface area contributed by atoms with Crippen molar-refractivity contribution < 1.29 is 9.53 Å². The van der Waals surface area contributed by atoms with Crippen molar-refractivity contribution in [3.05, 3.63) is 0 Å². The highest BCUT2D eigenvalue weighted by Gasteiger charge is 2.26. The Morgan fingerprint density at radius 2 is 2.00 bits per heavy atom. The molecule has 0 aliphatic carbocycles. The maximum atomic E-state index is 11.0. The second kappa shape index (κ2) is 4.57. The van der Waals surface area contributed by atoms with Gasteiger partial charge in [0.05, 0.1) is 12.5 Å². The molecule has 0 heterocycles. The molecule has 0 aromatic rings. The Bertz CT molecular complexity index is 128. The van der Waals surface area contributed by atoms with Crippen LogP contribution < -0.4 is 0 Å². The fourth-order valence-electron chi connectivity index (χ4n) is 0.930. The Labute approximate surface area is 72.3 Å². The van der Waals surface area contributed by atoms with Gasteiger partial charge in [0.15, 0.2) is 0 Å². The number of rotatable bonds is 3. The molecule has 66 valence electrons. The third kappa shape index (κ3) is 3.08. The number of hydrogen-bond acceptors (Lipinski definition) is 3. The van der Waals surface area contributed by atoms with Crippen molar-refractivity contribution in [1.82, 2.24) is 4.90 Å². The van der Waals surface area contributed by atoms with E-state index in [9.17, 15) is 4.79 Å². The lowest BCUT2D eigenvalue weighted by atomic mass is 10.2. The lowest BCUT2D eigenvalue weighted by molar-refractivity contribution is -0.145. The molecule has 0 aromatic heterocycles. The lowest BCUT2D eigenvalue weighted by Crippen LogP contribution is -2.42. The van der Waals surface area contributed by atoms with Crippen LogP contribution in [0, 0.1) is 0 Å². The van der Waals surface area contributed by atoms with Gasteiger partial charge in [0.2, 0.25) is 0 Å². The van der Waals surface area contributed by atoms with E-state index in [1.54, 1.807) is 25.9 Å². The Balaban J connectivity index is 4.22. The van der Waals surface area contributed by atoms with Gasteiger partial charge in [-0.15, -0.1) is 11.6 Å². The van der Waals surface area contributed by atoms with Gasteiger partial charge < -0.3 is 4.74 Å². The van der Waals surface area contributed by atoms with Crippen LogP contribution >= 0.6 is 11.6 Å². The van der Waals surface area contributed by atoms with E-state index in [1.165, 1.54) is 7.11 Å². The third-order valence-electron chi connectivity index (χ3n) is 1.43. The van der Waals surface area contributed by atoms with E-state index >= 15 is 0 Å². The van der Waals surface area contributed by atoms with Crippen molar-refractivity contribution in [3.63, 3.8) is 0 Å². The van der Waals surface area contributed by atoms with Crippen LogP contribution in [0.4, 0.5) is 0 Å². The predicted octanol–water partition coefficient (Wildman–Crippen LogP) is 0.717. The highest BCUT2D eigenvalue weighted by molar-refractivity contribution is 6.22. The number of hydrogen-bond donors (Lipinski definition) is 0. The van der Waals surface area contributed by atoms with Crippen molar-refractivity contribution in [2.24, 2.45) is 0 Å². The highest BCUT2D eigenvalue weighted by Crippen LogP contribution is 2.08. The maximum absolute atomic E-state index is 11.0. The second-order valence-corrected chi connectivity index (χ2v) is 3.30. The van der Waals surface area contributed by atoms with E-state index in [4.69, 9.17) is 11.6 Å². The minimum atomic E-state index is -0.360. The molecular weight excluding hydrogens is 166 g/mol. The van der Waals surface area contributed by atoms with Crippen molar-refractivity contribution in [3.8, 4) is 0 Å². The monoisotopic (exact) mass is 179 g/mol. The van der Waals surface area contributed by atoms with Crippen LogP contribution in [0.1, 0.15) is 6.92 Å². The van der Waals surface area contributed by atoms with Gasteiger partial charge in [0, 0.05) is 0 Å². The molecule has 0 fully saturated rings. The number of esters is 1. The molecule has 0 unspecified atom stereocenters. The SMILES string of the molecule is COC(=O)[C@@H]([C@@H](C)Cl)N(C)C. The van der Waals surface area contributed by atoms with Crippen LogP contribution in [0.15, 0.2) is 0 Å². The van der Waals surface area contributed by atoms with Crippen LogP contribution in [0.25, 0.3) is 0 Å². The number of methoxy groups -OCH3 is 1. The van der Waals surface area contributed by atoms with Gasteiger partial charge in [0.25, 0.3) is 0 Å². The number of alkyl halides is 1. The molecular formula is C7H14ClNO2. The van der Waals surface area contributed by atoms with Gasteiger partial charge in [-0.2, -0.15) is 0 Å². The van der Waals surface area contributed by atoms with Crippen molar-refractivity contribution in [2.75, 3.05) is 21.2 Å². The quantitative estimate of drug-likeness (QED) is 0.472. The van der Waals surface area contributed by atoms with Crippen LogP contribution in [-0.2, 0) is 9.53 Å². The standard InChI is InChI=1S/C7H14ClNO2/c1-5(8)6(9(2)3)7(10)11-4/h5-6H,1-4H3/t5-,6-/m1/s1. The summed E-state index contributed by atoms with van der Waals surface area (Å²) in [6.07, 6.45) is 0. The van der Waals surface area contributed by atoms with E-state index in [2.05, 4.69) is 4.74 Å². The van der Waals surface area contributed by atoms with Gasteiger partial charge >= 0.3 is 5.97 Å². The molecule has 0 radical (unpaired) electrons. The molecule has 0 aromatic carbocycles. The van der Waals surface area contributed by atoms with E-state index < -0.39 is 0 Å². The first kappa shape index (κ1) is 10.7. The van der Waals surface area contributed by atoms with E-state index in [0.29, 0.717) is 0 Å². The maximum Gasteiger partial charge on any atom is 0.324 e. The van der Waals surface area contributed by atoms with Gasteiger partial charge in [-0.3, -0.25) is 9.69 Å². The molecule has 0 rings (SSSR count). The largest absolute Gasteiger partial charge is 0.468 e. The van der Waals surface area contributed by atoms with Crippen molar-refractivity contribution in [1.29, 1.82) is 0 Å². The topological polar surface area (TPSA) is 29.5 Å². The molecule has 2 atom stereocenters. The Morgan fingerprint density at radius 3 is 2.09 bits per heavy atom. The molecule has 4 heteroatoms. The summed E-state index contributed by atoms with van der Waals surface area (Å²) >= 11 is 5.77. The first-order valence-electron chi connectivity index (χ1n) is 3.39. The summed E-state index contributed by atoms with van der Waals surface area (Å²) in [7, 11) is 4.94. The number of likely N-dealkylation sites (N-methyl/N-ethyl adjacent to an activating group) is 1. The molecule has 11 heavy (non-hydrogen) atoms. The van der Waals surface area contributed by atoms with Crippen molar-refractivity contribution in [2.45, 2.75) is 18.3 Å². The fourth-order valence-corrected chi connectivity index (χ4v) is 1.26. The summed E-state index contributed by atoms with van der Waals surface area (Å²) < 4.78 is 4.57. The number of carbonyl (C=O) groups excluding carboxylic acids is 1. The zero-order chi connectivity index (χ0) is 9.02. The highest BCUT2D eigenvalue weighted by atomic mass is 35.5. The molecule has 0 aliphatic heterocycles. The zero-order valence-electron chi connectivity index (χ0n) is 7.30. The van der Waals surface area contributed by atoms with E-state index in [0.717, 1.165) is 0 Å². The van der Waals surface area contributed by atoms with Crippen LogP contribution in [-0.4, -0.2) is 43.5 Å². The molecule has 0 saturated heterocycles. The first-order valence-corrected chi connectivity index (χ1v) is 3.82. The summed E-state index contributed by atoms with van der Waals surface area (Å²) in [5.41, 5.74) is 0. The summed E-state index contributed by atoms with van der Waals surface area (Å²) in [6.45, 7) is 1.77. The second-order valence-electron chi connectivity index (χ2n) is 2.61. The van der Waals surface area contributed by atoms with E-state index in [1.807, 2.05) is 0 Å². The van der Waals surface area contributed by atoms with Gasteiger partial charge in [-0.1, -0.05) is 0 Å². The average molecular weight is 180 g/mol. The molecule has 0 N–H and O–H groups in total. The minimum absolute atomic E-state index is 0.238. The molecule has 0 amide bonds. The van der Waals surface area contributed by atoms with Gasteiger partial charge in [-0.05, 0) is 21.0 Å². The van der Waals surface area contributed by atoms with Gasteiger partial charge in [-0.25, -0.2) is 0 Å². The summed E-state index contributed by atoms with van der Waals surface area (Å²) in [5.74, 6) is -0.294. The number of carbonyl (C=O) groups is 1. The summed E-state index contributed by atoms with van der Waals surface area (Å²) in [4.78, 5) is 12.8. The zero-order valence-corrected chi connectivity index (χ0v) is 8.05. The number of nitrogens with zero attached hydrogens (tertiary/aromatic N) is 1. The smallest absolute Gasteiger partial charge is 0.324 e. The summed E-state index contributed by atoms with van der Waals surface area (Å²) in [5, 5.41) is -0.238. The fraction of sp³-hybridized carbons (Fsp3) is 0.857. The lowest BCUT2D eigenvalue weighted by Gasteiger charge is -2.23. The average Bonchev–Trinajstić information content (AvgIpc) is 1.85. The van der Waals surface area contributed by atoms with Crippen LogP contribution in [0.3, 0.4) is 0 Å². The molecule has 0 bridgehead atoms.